The fourth-order valence-electron chi connectivity index (χ4n) is 2.99. The molecule has 0 bridgehead atoms. The Hall–Kier alpha value is -1.46. The van der Waals surface area contributed by atoms with Crippen LogP contribution in [0.1, 0.15) is 25.3 Å². The topological polar surface area (TPSA) is 59.0 Å². The Morgan fingerprint density at radius 2 is 2.19 bits per heavy atom. The number of benzene rings is 1. The molecule has 2 heterocycles. The zero-order valence-electron chi connectivity index (χ0n) is 11.9. The number of nitrogens with zero attached hydrogens (tertiary/aromatic N) is 1. The van der Waals surface area contributed by atoms with Crippen LogP contribution in [0.25, 0.3) is 0 Å². The molecule has 5 nitrogen and oxygen atoms in total. The number of likely N-dealkylation sites (tertiary alicyclic amines) is 1. The number of carboxylic acid groups (broad SMARTS) is 1. The number of fused-ring (bicyclic) bond motifs is 1. The quantitative estimate of drug-likeness (QED) is 0.929. The lowest BCUT2D eigenvalue weighted by molar-refractivity contribution is -0.148. The molecule has 0 amide bonds. The summed E-state index contributed by atoms with van der Waals surface area (Å²) in [7, 11) is 0. The predicted molar refractivity (Wildman–Crippen MR) is 78.1 cm³/mol. The van der Waals surface area contributed by atoms with Gasteiger partial charge in [-0.1, -0.05) is 11.6 Å². The number of hydrogen-bond donors (Lipinski definition) is 1. The molecule has 0 saturated carbocycles. The number of carboxylic acids is 1. The molecule has 1 saturated heterocycles. The van der Waals surface area contributed by atoms with Crippen LogP contribution in [0.15, 0.2) is 12.1 Å². The highest BCUT2D eigenvalue weighted by molar-refractivity contribution is 6.32. The summed E-state index contributed by atoms with van der Waals surface area (Å²) >= 11 is 6.23. The van der Waals surface area contributed by atoms with Crippen LogP contribution in [0.4, 0.5) is 0 Å². The molecule has 3 rings (SSSR count). The van der Waals surface area contributed by atoms with Crippen LogP contribution in [-0.2, 0) is 11.3 Å². The van der Waals surface area contributed by atoms with Gasteiger partial charge in [0.1, 0.15) is 18.8 Å². The van der Waals surface area contributed by atoms with Crippen molar-refractivity contribution in [2.45, 2.75) is 31.8 Å². The van der Waals surface area contributed by atoms with E-state index in [9.17, 15) is 9.90 Å². The van der Waals surface area contributed by atoms with E-state index < -0.39 is 11.5 Å². The largest absolute Gasteiger partial charge is 0.486 e. The highest BCUT2D eigenvalue weighted by Gasteiger charge is 2.43. The molecular weight excluding hydrogens is 294 g/mol. The van der Waals surface area contributed by atoms with E-state index >= 15 is 0 Å². The summed E-state index contributed by atoms with van der Waals surface area (Å²) in [5.74, 6) is 0.442. The molecule has 0 aromatic heterocycles. The molecule has 0 radical (unpaired) electrons. The van der Waals surface area contributed by atoms with Crippen molar-refractivity contribution in [2.24, 2.45) is 0 Å². The third-order valence-electron chi connectivity index (χ3n) is 4.28. The highest BCUT2D eigenvalue weighted by atomic mass is 35.5. The van der Waals surface area contributed by atoms with Crippen LogP contribution in [0, 0.1) is 0 Å². The number of aliphatic carboxylic acids is 1. The molecule has 0 aliphatic carbocycles. The van der Waals surface area contributed by atoms with Gasteiger partial charge in [-0.05, 0) is 44.0 Å². The maximum atomic E-state index is 11.5. The van der Waals surface area contributed by atoms with Crippen molar-refractivity contribution in [3.8, 4) is 11.5 Å². The number of ether oxygens (including phenoxy) is 2. The minimum Gasteiger partial charge on any atom is -0.486 e. The average Bonchev–Trinajstić information content (AvgIpc) is 2.82. The van der Waals surface area contributed by atoms with Gasteiger partial charge in [0, 0.05) is 6.54 Å². The van der Waals surface area contributed by atoms with Crippen LogP contribution in [0.2, 0.25) is 5.02 Å². The van der Waals surface area contributed by atoms with Gasteiger partial charge in [-0.25, -0.2) is 0 Å². The normalized spacial score (nSPS) is 25.0. The van der Waals surface area contributed by atoms with Crippen molar-refractivity contribution in [3.63, 3.8) is 0 Å². The molecule has 1 atom stereocenters. The lowest BCUT2D eigenvalue weighted by Crippen LogP contribution is -2.47. The Bertz CT molecular complexity index is 577. The van der Waals surface area contributed by atoms with Crippen molar-refractivity contribution in [3.05, 3.63) is 22.7 Å². The average molecular weight is 312 g/mol. The molecule has 0 spiro atoms. The van der Waals surface area contributed by atoms with Crippen molar-refractivity contribution in [1.29, 1.82) is 0 Å². The molecule has 1 aromatic carbocycles. The van der Waals surface area contributed by atoms with Crippen molar-refractivity contribution >= 4 is 17.6 Å². The zero-order valence-corrected chi connectivity index (χ0v) is 12.7. The van der Waals surface area contributed by atoms with Crippen LogP contribution in [0.5, 0.6) is 11.5 Å². The van der Waals surface area contributed by atoms with Gasteiger partial charge in [0.25, 0.3) is 0 Å². The summed E-state index contributed by atoms with van der Waals surface area (Å²) in [6.45, 7) is 4.09. The second kappa shape index (κ2) is 5.39. The first kappa shape index (κ1) is 14.5. The molecule has 6 heteroatoms. The van der Waals surface area contributed by atoms with Crippen molar-refractivity contribution in [1.82, 2.24) is 4.90 Å². The van der Waals surface area contributed by atoms with E-state index in [0.29, 0.717) is 42.7 Å². The Balaban J connectivity index is 1.85. The Labute approximate surface area is 128 Å². The fourth-order valence-corrected chi connectivity index (χ4v) is 3.28. The van der Waals surface area contributed by atoms with Gasteiger partial charge >= 0.3 is 5.97 Å². The summed E-state index contributed by atoms with van der Waals surface area (Å²) in [5.41, 5.74) is 0.137. The zero-order chi connectivity index (χ0) is 15.0. The van der Waals surface area contributed by atoms with Crippen LogP contribution in [0.3, 0.4) is 0 Å². The van der Waals surface area contributed by atoms with E-state index in [1.807, 2.05) is 17.0 Å². The second-order valence-corrected chi connectivity index (χ2v) is 6.11. The molecular formula is C15H18ClNO4. The summed E-state index contributed by atoms with van der Waals surface area (Å²) in [5, 5.41) is 9.97. The maximum Gasteiger partial charge on any atom is 0.323 e. The summed E-state index contributed by atoms with van der Waals surface area (Å²) in [6, 6.07) is 3.72. The lowest BCUT2D eigenvalue weighted by atomic mass is 9.99. The summed E-state index contributed by atoms with van der Waals surface area (Å²) < 4.78 is 11.1. The van der Waals surface area contributed by atoms with Crippen LogP contribution >= 0.6 is 11.6 Å². The minimum atomic E-state index is -0.806. The van der Waals surface area contributed by atoms with Gasteiger partial charge in [0.15, 0.2) is 11.5 Å². The highest BCUT2D eigenvalue weighted by Crippen LogP contribution is 2.39. The Kier molecular flexibility index (Phi) is 3.71. The van der Waals surface area contributed by atoms with E-state index in [0.717, 1.165) is 18.5 Å². The predicted octanol–water partition coefficient (Wildman–Crippen LogP) is 2.55. The van der Waals surface area contributed by atoms with E-state index in [-0.39, 0.29) is 0 Å². The van der Waals surface area contributed by atoms with Gasteiger partial charge in [0.05, 0.1) is 5.02 Å². The van der Waals surface area contributed by atoms with Gasteiger partial charge in [0.2, 0.25) is 0 Å². The molecule has 1 fully saturated rings. The van der Waals surface area contributed by atoms with Crippen LogP contribution < -0.4 is 9.47 Å². The molecule has 1 unspecified atom stereocenters. The fraction of sp³-hybridized carbons (Fsp3) is 0.533. The van der Waals surface area contributed by atoms with E-state index in [4.69, 9.17) is 21.1 Å². The minimum absolute atomic E-state index is 0.495. The van der Waals surface area contributed by atoms with Crippen LogP contribution in [-0.4, -0.2) is 41.3 Å². The molecule has 2 aliphatic heterocycles. The first-order valence-electron chi connectivity index (χ1n) is 7.07. The van der Waals surface area contributed by atoms with E-state index in [2.05, 4.69) is 0 Å². The maximum absolute atomic E-state index is 11.5. The summed E-state index contributed by atoms with van der Waals surface area (Å²) in [6.07, 6.45) is 1.56. The first-order chi connectivity index (χ1) is 10.0. The van der Waals surface area contributed by atoms with Gasteiger partial charge in [-0.3, -0.25) is 9.69 Å². The second-order valence-electron chi connectivity index (χ2n) is 5.71. The standard InChI is InChI=1S/C15H18ClNO4/c1-15(14(18)19)3-2-4-17(15)9-10-7-11(16)13-12(8-10)20-5-6-21-13/h7-8H,2-6,9H2,1H3,(H,18,19). The number of carbonyl (C=O) groups is 1. The third kappa shape index (κ3) is 2.56. The SMILES string of the molecule is CC1(C(=O)O)CCCN1Cc1cc(Cl)c2c(c1)OCCO2. The first-order valence-corrected chi connectivity index (χ1v) is 7.45. The number of rotatable bonds is 3. The number of hydrogen-bond acceptors (Lipinski definition) is 4. The molecule has 1 N–H and O–H groups in total. The van der Waals surface area contributed by atoms with Crippen molar-refractivity contribution in [2.75, 3.05) is 19.8 Å². The molecule has 1 aromatic rings. The van der Waals surface area contributed by atoms with Gasteiger partial charge in [-0.15, -0.1) is 0 Å². The third-order valence-corrected chi connectivity index (χ3v) is 4.56. The van der Waals surface area contributed by atoms with E-state index in [1.54, 1.807) is 6.92 Å². The van der Waals surface area contributed by atoms with Crippen molar-refractivity contribution < 1.29 is 19.4 Å². The molecule has 21 heavy (non-hydrogen) atoms. The van der Waals surface area contributed by atoms with E-state index in [1.165, 1.54) is 0 Å². The molecule has 114 valence electrons. The molecule has 2 aliphatic rings. The Morgan fingerprint density at radius 3 is 2.95 bits per heavy atom. The lowest BCUT2D eigenvalue weighted by Gasteiger charge is -2.31. The monoisotopic (exact) mass is 311 g/mol. The Morgan fingerprint density at radius 1 is 1.43 bits per heavy atom. The summed E-state index contributed by atoms with van der Waals surface area (Å²) in [4.78, 5) is 13.5. The van der Waals surface area contributed by atoms with Gasteiger partial charge < -0.3 is 14.6 Å². The smallest absolute Gasteiger partial charge is 0.323 e. The van der Waals surface area contributed by atoms with Gasteiger partial charge in [-0.2, -0.15) is 0 Å². The number of halogens is 1.